The molecule has 2 bridgehead atoms. The van der Waals surface area contributed by atoms with Gasteiger partial charge in [-0.1, -0.05) is 20.3 Å². The zero-order chi connectivity index (χ0) is 8.11. The second kappa shape index (κ2) is 2.16. The van der Waals surface area contributed by atoms with Crippen molar-refractivity contribution in [2.24, 2.45) is 10.8 Å². The molecule has 0 aliphatic heterocycles. The van der Waals surface area contributed by atoms with Crippen LogP contribution < -0.4 is 0 Å². The second-order valence-corrected chi connectivity index (χ2v) is 5.46. The van der Waals surface area contributed by atoms with E-state index in [1.165, 1.54) is 32.1 Å². The number of rotatable bonds is 0. The van der Waals surface area contributed by atoms with E-state index >= 15 is 0 Å². The summed E-state index contributed by atoms with van der Waals surface area (Å²) < 4.78 is 0. The fourth-order valence-corrected chi connectivity index (χ4v) is 3.50. The van der Waals surface area contributed by atoms with E-state index in [2.05, 4.69) is 13.8 Å². The maximum absolute atomic E-state index is 6.46. The Morgan fingerprint density at radius 1 is 1.00 bits per heavy atom. The molecule has 1 heteroatoms. The minimum atomic E-state index is 0.448. The molecule has 0 spiro atoms. The summed E-state index contributed by atoms with van der Waals surface area (Å²) in [5.41, 5.74) is 0.961. The molecule has 11 heavy (non-hydrogen) atoms. The number of hydrogen-bond acceptors (Lipinski definition) is 0. The number of alkyl halides is 1. The van der Waals surface area contributed by atoms with E-state index in [9.17, 15) is 0 Å². The maximum atomic E-state index is 6.46. The molecule has 0 heterocycles. The van der Waals surface area contributed by atoms with Crippen molar-refractivity contribution in [3.05, 3.63) is 0 Å². The molecule has 2 aliphatic rings. The third kappa shape index (κ3) is 0.950. The Kier molecular flexibility index (Phi) is 1.55. The average Bonchev–Trinajstić information content (AvgIpc) is 2.17. The van der Waals surface area contributed by atoms with Crippen LogP contribution in [0.1, 0.15) is 46.0 Å². The molecule has 2 aliphatic carbocycles. The fraction of sp³-hybridized carbons (Fsp3) is 1.00. The fourth-order valence-electron chi connectivity index (χ4n) is 3.07. The van der Waals surface area contributed by atoms with Crippen molar-refractivity contribution in [1.29, 1.82) is 0 Å². The smallest absolute Gasteiger partial charge is 0.0443 e. The number of halogens is 1. The first-order valence-electron chi connectivity index (χ1n) is 4.71. The van der Waals surface area contributed by atoms with Crippen LogP contribution in [0.25, 0.3) is 0 Å². The quantitative estimate of drug-likeness (QED) is 0.490. The van der Waals surface area contributed by atoms with Gasteiger partial charge in [0, 0.05) is 5.38 Å². The molecule has 0 aromatic carbocycles. The van der Waals surface area contributed by atoms with Gasteiger partial charge in [-0.05, 0) is 36.5 Å². The molecule has 1 unspecified atom stereocenters. The summed E-state index contributed by atoms with van der Waals surface area (Å²) in [5, 5.41) is 0.448. The molecule has 0 radical (unpaired) electrons. The van der Waals surface area contributed by atoms with E-state index in [0.29, 0.717) is 16.2 Å². The summed E-state index contributed by atoms with van der Waals surface area (Å²) in [5.74, 6) is 0. The molecular formula is C10H17Cl. The van der Waals surface area contributed by atoms with Gasteiger partial charge in [-0.2, -0.15) is 0 Å². The Hall–Kier alpha value is 0.290. The first-order chi connectivity index (χ1) is 5.07. The molecule has 0 nitrogen and oxygen atoms in total. The van der Waals surface area contributed by atoms with Crippen LogP contribution >= 0.6 is 11.6 Å². The van der Waals surface area contributed by atoms with Crippen LogP contribution in [0.5, 0.6) is 0 Å². The Bertz CT molecular complexity index is 160. The van der Waals surface area contributed by atoms with Crippen molar-refractivity contribution >= 4 is 11.6 Å². The van der Waals surface area contributed by atoms with Crippen LogP contribution in [0.15, 0.2) is 0 Å². The highest BCUT2D eigenvalue weighted by Gasteiger charge is 2.53. The lowest BCUT2D eigenvalue weighted by molar-refractivity contribution is 0.180. The first-order valence-corrected chi connectivity index (χ1v) is 5.15. The van der Waals surface area contributed by atoms with E-state index < -0.39 is 0 Å². The molecule has 0 aromatic rings. The van der Waals surface area contributed by atoms with E-state index in [1.807, 2.05) is 0 Å². The summed E-state index contributed by atoms with van der Waals surface area (Å²) in [6.07, 6.45) is 6.83. The summed E-state index contributed by atoms with van der Waals surface area (Å²) in [7, 11) is 0. The lowest BCUT2D eigenvalue weighted by Crippen LogP contribution is -2.36. The molecule has 0 N–H and O–H groups in total. The predicted molar refractivity (Wildman–Crippen MR) is 48.9 cm³/mol. The van der Waals surface area contributed by atoms with Crippen LogP contribution in [0, 0.1) is 10.8 Å². The van der Waals surface area contributed by atoms with Crippen molar-refractivity contribution in [1.82, 2.24) is 0 Å². The standard InChI is InChI=1S/C10H17Cl/c1-9-4-3-5-10(2,7-6-9)8(9)11/h8H,3-7H2,1-2H3/t8?,9-,10+. The van der Waals surface area contributed by atoms with E-state index in [1.54, 1.807) is 0 Å². The van der Waals surface area contributed by atoms with Gasteiger partial charge in [0.25, 0.3) is 0 Å². The van der Waals surface area contributed by atoms with Gasteiger partial charge in [0.05, 0.1) is 0 Å². The van der Waals surface area contributed by atoms with E-state index in [4.69, 9.17) is 11.6 Å². The summed E-state index contributed by atoms with van der Waals surface area (Å²) in [6.45, 7) is 4.74. The molecule has 0 aromatic heterocycles. The average molecular weight is 173 g/mol. The predicted octanol–water partition coefficient (Wildman–Crippen LogP) is 3.58. The lowest BCUT2D eigenvalue weighted by atomic mass is 9.70. The molecule has 2 saturated carbocycles. The van der Waals surface area contributed by atoms with Crippen molar-refractivity contribution in [3.63, 3.8) is 0 Å². The largest absolute Gasteiger partial charge is 0.122 e. The highest BCUT2D eigenvalue weighted by atomic mass is 35.5. The first kappa shape index (κ1) is 7.91. The summed E-state index contributed by atoms with van der Waals surface area (Å²) >= 11 is 6.46. The molecule has 3 atom stereocenters. The van der Waals surface area contributed by atoms with Crippen molar-refractivity contribution in [2.75, 3.05) is 0 Å². The van der Waals surface area contributed by atoms with Gasteiger partial charge in [-0.15, -0.1) is 11.6 Å². The van der Waals surface area contributed by atoms with Crippen LogP contribution in [-0.4, -0.2) is 5.38 Å². The molecule has 2 rings (SSSR count). The van der Waals surface area contributed by atoms with Crippen LogP contribution in [-0.2, 0) is 0 Å². The van der Waals surface area contributed by atoms with Crippen molar-refractivity contribution in [2.45, 2.75) is 51.3 Å². The van der Waals surface area contributed by atoms with Crippen molar-refractivity contribution < 1.29 is 0 Å². The minimum Gasteiger partial charge on any atom is -0.122 e. The Morgan fingerprint density at radius 3 is 1.82 bits per heavy atom. The van der Waals surface area contributed by atoms with Crippen LogP contribution in [0.2, 0.25) is 0 Å². The van der Waals surface area contributed by atoms with Gasteiger partial charge in [-0.3, -0.25) is 0 Å². The second-order valence-electron chi connectivity index (χ2n) is 5.02. The third-order valence-corrected chi connectivity index (χ3v) is 5.04. The zero-order valence-corrected chi connectivity index (χ0v) is 8.25. The summed E-state index contributed by atoms with van der Waals surface area (Å²) in [4.78, 5) is 0. The molecular weight excluding hydrogens is 156 g/mol. The normalized spacial score (nSPS) is 56.5. The third-order valence-electron chi connectivity index (χ3n) is 3.99. The summed E-state index contributed by atoms with van der Waals surface area (Å²) in [6, 6.07) is 0. The van der Waals surface area contributed by atoms with Gasteiger partial charge in [0.2, 0.25) is 0 Å². The molecule has 64 valence electrons. The van der Waals surface area contributed by atoms with Gasteiger partial charge >= 0.3 is 0 Å². The van der Waals surface area contributed by atoms with Gasteiger partial charge in [0.1, 0.15) is 0 Å². The highest BCUT2D eigenvalue weighted by molar-refractivity contribution is 6.21. The van der Waals surface area contributed by atoms with Gasteiger partial charge in [-0.25, -0.2) is 0 Å². The Labute approximate surface area is 74.3 Å². The van der Waals surface area contributed by atoms with Gasteiger partial charge in [0.15, 0.2) is 0 Å². The van der Waals surface area contributed by atoms with E-state index in [-0.39, 0.29) is 0 Å². The van der Waals surface area contributed by atoms with Crippen LogP contribution in [0.4, 0.5) is 0 Å². The highest BCUT2D eigenvalue weighted by Crippen LogP contribution is 2.60. The topological polar surface area (TPSA) is 0 Å². The Morgan fingerprint density at radius 2 is 1.45 bits per heavy atom. The molecule has 2 fully saturated rings. The monoisotopic (exact) mass is 172 g/mol. The van der Waals surface area contributed by atoms with Crippen LogP contribution in [0.3, 0.4) is 0 Å². The van der Waals surface area contributed by atoms with E-state index in [0.717, 1.165) is 0 Å². The van der Waals surface area contributed by atoms with Gasteiger partial charge < -0.3 is 0 Å². The Balaban J connectivity index is 2.30. The minimum absolute atomic E-state index is 0.448. The maximum Gasteiger partial charge on any atom is 0.0443 e. The molecule has 0 amide bonds. The number of fused-ring (bicyclic) bond motifs is 2. The zero-order valence-electron chi connectivity index (χ0n) is 7.49. The molecule has 0 saturated heterocycles. The van der Waals surface area contributed by atoms with Crippen molar-refractivity contribution in [3.8, 4) is 0 Å². The SMILES string of the molecule is C[C@]12CCC[C@](C)(CC1)C2Cl. The lowest BCUT2D eigenvalue weighted by Gasteiger charge is -2.40. The number of hydrogen-bond donors (Lipinski definition) is 0.